The van der Waals surface area contributed by atoms with Crippen molar-refractivity contribution < 1.29 is 0 Å². The van der Waals surface area contributed by atoms with Crippen LogP contribution in [0, 0.1) is 0 Å². The fourth-order valence-electron chi connectivity index (χ4n) is 12.6. The third kappa shape index (κ3) is 6.18. The van der Waals surface area contributed by atoms with Gasteiger partial charge in [0.1, 0.15) is 0 Å². The summed E-state index contributed by atoms with van der Waals surface area (Å²) >= 11 is 0. The normalized spacial score (nSPS) is 13.8. The molecule has 2 aliphatic rings. The number of rotatable bonds is 8. The number of pyridine rings is 2. The summed E-state index contributed by atoms with van der Waals surface area (Å²) in [4.78, 5) is 14.8. The first-order valence-corrected chi connectivity index (χ1v) is 25.1. The molecule has 0 fully saturated rings. The lowest BCUT2D eigenvalue weighted by atomic mass is 9.75. The molecule has 0 saturated heterocycles. The Morgan fingerprint density at radius 2 is 0.667 bits per heavy atom. The first-order chi connectivity index (χ1) is 35.3. The molecule has 0 bridgehead atoms. The van der Waals surface area contributed by atoms with Gasteiger partial charge in [-0.3, -0.25) is 9.97 Å². The molecule has 0 spiro atoms. The average Bonchev–Trinajstić information content (AvgIpc) is 3.83. The highest BCUT2D eigenvalue weighted by Gasteiger charge is 2.43. The predicted molar refractivity (Wildman–Crippen MR) is 301 cm³/mol. The molecule has 0 aliphatic heterocycles. The van der Waals surface area contributed by atoms with Crippen LogP contribution in [0.4, 0.5) is 34.1 Å². The van der Waals surface area contributed by atoms with Crippen molar-refractivity contribution in [3.63, 3.8) is 0 Å². The van der Waals surface area contributed by atoms with Gasteiger partial charge in [0, 0.05) is 44.7 Å². The summed E-state index contributed by atoms with van der Waals surface area (Å²) < 4.78 is 0. The van der Waals surface area contributed by atoms with Crippen LogP contribution in [0.1, 0.15) is 49.9 Å². The Morgan fingerprint density at radius 3 is 1.00 bits per heavy atom. The Kier molecular flexibility index (Phi) is 9.25. The summed E-state index contributed by atoms with van der Waals surface area (Å²) in [6.45, 7) is 9.69. The number of hydrogen-bond acceptors (Lipinski definition) is 4. The van der Waals surface area contributed by atoms with Gasteiger partial charge in [-0.05, 0) is 162 Å². The third-order valence-electron chi connectivity index (χ3n) is 15.8. The van der Waals surface area contributed by atoms with E-state index < -0.39 is 0 Å². The van der Waals surface area contributed by atoms with E-state index in [0.717, 1.165) is 56.6 Å². The number of nitrogens with zero attached hydrogens (tertiary/aromatic N) is 4. The molecule has 10 aromatic carbocycles. The van der Waals surface area contributed by atoms with Crippen molar-refractivity contribution in [1.29, 1.82) is 0 Å². The number of aromatic nitrogens is 2. The van der Waals surface area contributed by atoms with Crippen LogP contribution in [0.15, 0.2) is 231 Å². The van der Waals surface area contributed by atoms with Crippen LogP contribution in [0.2, 0.25) is 0 Å². The smallest absolute Gasteiger partial charge is 0.0703 e. The lowest BCUT2D eigenvalue weighted by Gasteiger charge is -2.28. The van der Waals surface area contributed by atoms with Crippen LogP contribution in [-0.2, 0) is 10.8 Å². The molecular weight excluding hydrogens is 873 g/mol. The van der Waals surface area contributed by atoms with E-state index in [1.54, 1.807) is 0 Å². The molecule has 342 valence electrons. The second kappa shape index (κ2) is 15.8. The summed E-state index contributed by atoms with van der Waals surface area (Å²) in [5.41, 5.74) is 20.9. The monoisotopic (exact) mass is 922 g/mol. The first-order valence-electron chi connectivity index (χ1n) is 25.1. The molecular formula is C68H50N4. The van der Waals surface area contributed by atoms with Crippen LogP contribution in [-0.4, -0.2) is 9.97 Å². The molecule has 14 rings (SSSR count). The fourth-order valence-corrected chi connectivity index (χ4v) is 12.6. The van der Waals surface area contributed by atoms with Crippen LogP contribution in [0.3, 0.4) is 0 Å². The molecule has 0 radical (unpaired) electrons. The van der Waals surface area contributed by atoms with Crippen LogP contribution in [0.25, 0.3) is 77.1 Å². The highest BCUT2D eigenvalue weighted by Crippen LogP contribution is 2.61. The Labute approximate surface area is 420 Å². The molecule has 0 saturated carbocycles. The third-order valence-corrected chi connectivity index (χ3v) is 15.8. The SMILES string of the molecule is CC1(C)c2cc(-c3ccc(N(c4ccccc4)c4ccccc4)cn3)ccc2-c2c1c1cccc3c4c(c5cccc2c5c31)C(C)(C)c1cc(-c2ccc(N(c3ccccc3)c3ccccc3)cn2)ccc1-4. The van der Waals surface area contributed by atoms with Crippen molar-refractivity contribution in [2.24, 2.45) is 0 Å². The van der Waals surface area contributed by atoms with Gasteiger partial charge in [0.05, 0.1) is 35.2 Å². The van der Waals surface area contributed by atoms with Gasteiger partial charge in [-0.25, -0.2) is 0 Å². The largest absolute Gasteiger partial charge is 0.309 e. The summed E-state index contributed by atoms with van der Waals surface area (Å²) in [6, 6.07) is 79.0. The molecule has 0 amide bonds. The maximum atomic E-state index is 5.14. The molecule has 2 aliphatic carbocycles. The standard InChI is InChI=1S/C68H50N4/c1-67(2)57-39-43(59-37-33-49(41-69-59)71(45-19-9-5-10-20-45)46-21-11-6-12-22-46)31-35-51(57)63-53-27-18-30-56-62(53)61-54(28-17-29-55(61)65(63)67)64-52-36-32-44(40-58(52)68(3,4)66(56)64)60-38-34-50(42-70-60)72(47-23-13-7-14-24-47)48-25-15-8-16-26-48/h5-42H,1-4H3. The number of para-hydroxylation sites is 4. The predicted octanol–water partition coefficient (Wildman–Crippen LogP) is 18.3. The highest BCUT2D eigenvalue weighted by molar-refractivity contribution is 6.33. The Bertz CT molecular complexity index is 3710. The number of anilines is 6. The summed E-state index contributed by atoms with van der Waals surface area (Å²) in [6.07, 6.45) is 4.02. The van der Waals surface area contributed by atoms with Crippen molar-refractivity contribution in [3.05, 3.63) is 253 Å². The minimum atomic E-state index is -0.265. The van der Waals surface area contributed by atoms with E-state index in [1.165, 1.54) is 76.8 Å². The zero-order valence-corrected chi connectivity index (χ0v) is 40.7. The van der Waals surface area contributed by atoms with E-state index in [4.69, 9.17) is 9.97 Å². The van der Waals surface area contributed by atoms with E-state index in [1.807, 2.05) is 12.4 Å². The molecule has 0 atom stereocenters. The fraction of sp³-hybridized carbons (Fsp3) is 0.0882. The van der Waals surface area contributed by atoms with Crippen molar-refractivity contribution in [3.8, 4) is 44.8 Å². The molecule has 72 heavy (non-hydrogen) atoms. The molecule has 0 N–H and O–H groups in total. The Hall–Kier alpha value is -8.86. The summed E-state index contributed by atoms with van der Waals surface area (Å²) in [5.74, 6) is 0. The zero-order valence-electron chi connectivity index (χ0n) is 40.7. The molecule has 0 unspecified atom stereocenters. The quantitative estimate of drug-likeness (QED) is 0.142. The van der Waals surface area contributed by atoms with Gasteiger partial charge in [0.15, 0.2) is 0 Å². The van der Waals surface area contributed by atoms with Gasteiger partial charge in [-0.1, -0.05) is 161 Å². The summed E-state index contributed by atoms with van der Waals surface area (Å²) in [5, 5.41) is 8.07. The van der Waals surface area contributed by atoms with E-state index in [0.29, 0.717) is 0 Å². The molecule has 4 nitrogen and oxygen atoms in total. The summed E-state index contributed by atoms with van der Waals surface area (Å²) in [7, 11) is 0. The van der Waals surface area contributed by atoms with Gasteiger partial charge >= 0.3 is 0 Å². The average molecular weight is 923 g/mol. The Morgan fingerprint density at radius 1 is 0.319 bits per heavy atom. The maximum absolute atomic E-state index is 5.14. The maximum Gasteiger partial charge on any atom is 0.0703 e. The van der Waals surface area contributed by atoms with Gasteiger partial charge in [-0.2, -0.15) is 0 Å². The number of hydrogen-bond donors (Lipinski definition) is 0. The van der Waals surface area contributed by atoms with Crippen molar-refractivity contribution in [2.45, 2.75) is 38.5 Å². The minimum Gasteiger partial charge on any atom is -0.309 e. The van der Waals surface area contributed by atoms with Crippen LogP contribution in [0.5, 0.6) is 0 Å². The Balaban J connectivity index is 0.861. The van der Waals surface area contributed by atoms with Crippen molar-refractivity contribution in [1.82, 2.24) is 9.97 Å². The van der Waals surface area contributed by atoms with Gasteiger partial charge in [0.25, 0.3) is 0 Å². The zero-order chi connectivity index (χ0) is 48.3. The van der Waals surface area contributed by atoms with Gasteiger partial charge in [0.2, 0.25) is 0 Å². The minimum absolute atomic E-state index is 0.265. The number of fused-ring (bicyclic) bond motifs is 10. The van der Waals surface area contributed by atoms with Crippen LogP contribution >= 0.6 is 0 Å². The van der Waals surface area contributed by atoms with Crippen molar-refractivity contribution >= 4 is 66.4 Å². The van der Waals surface area contributed by atoms with Gasteiger partial charge < -0.3 is 9.80 Å². The molecule has 2 aromatic heterocycles. The second-order valence-corrected chi connectivity index (χ2v) is 20.5. The van der Waals surface area contributed by atoms with Gasteiger partial charge in [-0.15, -0.1) is 0 Å². The van der Waals surface area contributed by atoms with Crippen molar-refractivity contribution in [2.75, 3.05) is 9.80 Å². The van der Waals surface area contributed by atoms with E-state index in [-0.39, 0.29) is 10.8 Å². The number of benzene rings is 10. The molecule has 4 heteroatoms. The second-order valence-electron chi connectivity index (χ2n) is 20.5. The lowest BCUT2D eigenvalue weighted by molar-refractivity contribution is 0.666. The topological polar surface area (TPSA) is 32.3 Å². The lowest BCUT2D eigenvalue weighted by Crippen LogP contribution is -2.17. The van der Waals surface area contributed by atoms with E-state index in [9.17, 15) is 0 Å². The highest BCUT2D eigenvalue weighted by atomic mass is 15.2. The van der Waals surface area contributed by atoms with Crippen LogP contribution < -0.4 is 9.80 Å². The molecule has 12 aromatic rings. The molecule has 2 heterocycles. The van der Waals surface area contributed by atoms with E-state index >= 15 is 0 Å². The first kappa shape index (κ1) is 42.1. The van der Waals surface area contributed by atoms with E-state index in [2.05, 4.69) is 256 Å².